The first kappa shape index (κ1) is 16.7. The summed E-state index contributed by atoms with van der Waals surface area (Å²) in [6.07, 6.45) is 4.42. The summed E-state index contributed by atoms with van der Waals surface area (Å²) in [6.45, 7) is 2.18. The fourth-order valence-electron chi connectivity index (χ4n) is 2.02. The van der Waals surface area contributed by atoms with Gasteiger partial charge in [-0.05, 0) is 30.7 Å². The van der Waals surface area contributed by atoms with Gasteiger partial charge in [0, 0.05) is 30.2 Å². The second-order valence-electron chi connectivity index (χ2n) is 4.96. The third-order valence-corrected chi connectivity index (χ3v) is 6.44. The number of hydrogen-bond acceptors (Lipinski definition) is 7. The molecule has 0 aromatic carbocycles. The summed E-state index contributed by atoms with van der Waals surface area (Å²) in [5, 5.41) is 7.87. The molecule has 0 atom stereocenters. The van der Waals surface area contributed by atoms with E-state index >= 15 is 0 Å². The van der Waals surface area contributed by atoms with Crippen LogP contribution in [-0.4, -0.2) is 30.1 Å². The van der Waals surface area contributed by atoms with E-state index in [0.29, 0.717) is 22.4 Å². The number of thiophene rings is 1. The van der Waals surface area contributed by atoms with E-state index in [1.165, 1.54) is 11.3 Å². The predicted molar refractivity (Wildman–Crippen MR) is 90.1 cm³/mol. The zero-order valence-electron chi connectivity index (χ0n) is 13.0. The molecule has 7 nitrogen and oxygen atoms in total. The average molecular weight is 364 g/mol. The van der Waals surface area contributed by atoms with Gasteiger partial charge in [0.15, 0.2) is 0 Å². The minimum absolute atomic E-state index is 0.191. The predicted octanol–water partition coefficient (Wildman–Crippen LogP) is 2.28. The Kier molecular flexibility index (Phi) is 5.03. The lowest BCUT2D eigenvalue weighted by molar-refractivity contribution is 0.502. The van der Waals surface area contributed by atoms with Crippen LogP contribution in [0.25, 0.3) is 11.5 Å². The highest BCUT2D eigenvalue weighted by molar-refractivity contribution is 7.91. The molecule has 0 unspecified atom stereocenters. The number of nitrogens with zero attached hydrogens (tertiary/aromatic N) is 3. The maximum atomic E-state index is 12.2. The molecule has 0 aliphatic rings. The van der Waals surface area contributed by atoms with Crippen LogP contribution in [0.4, 0.5) is 0 Å². The highest BCUT2D eigenvalue weighted by atomic mass is 32.2. The first-order valence-electron chi connectivity index (χ1n) is 7.39. The van der Waals surface area contributed by atoms with Gasteiger partial charge in [-0.3, -0.25) is 4.98 Å². The van der Waals surface area contributed by atoms with Gasteiger partial charge < -0.3 is 4.42 Å². The smallest absolute Gasteiger partial charge is 0.250 e. The van der Waals surface area contributed by atoms with Gasteiger partial charge in [-0.2, -0.15) is 0 Å². The van der Waals surface area contributed by atoms with Crippen LogP contribution in [0.1, 0.15) is 17.7 Å². The number of hydrogen-bond donors (Lipinski definition) is 1. The van der Waals surface area contributed by atoms with Gasteiger partial charge in [-0.25, -0.2) is 13.1 Å². The summed E-state index contributed by atoms with van der Waals surface area (Å²) in [6, 6.07) is 7.05. The van der Waals surface area contributed by atoms with Crippen molar-refractivity contribution >= 4 is 21.4 Å². The molecule has 0 aliphatic heterocycles. The molecule has 0 saturated carbocycles. The van der Waals surface area contributed by atoms with Crippen LogP contribution in [-0.2, 0) is 22.9 Å². The topological polar surface area (TPSA) is 98.0 Å². The second kappa shape index (κ2) is 7.20. The third kappa shape index (κ3) is 3.86. The number of nitrogens with one attached hydrogen (secondary N) is 1. The highest BCUT2D eigenvalue weighted by Gasteiger charge is 2.17. The number of sulfonamides is 1. The van der Waals surface area contributed by atoms with E-state index in [2.05, 4.69) is 19.9 Å². The maximum Gasteiger partial charge on any atom is 0.250 e. The molecule has 126 valence electrons. The molecule has 3 aromatic rings. The summed E-state index contributed by atoms with van der Waals surface area (Å²) in [5.74, 6) is 0.740. The Bertz CT molecular complexity index is 904. The van der Waals surface area contributed by atoms with Gasteiger partial charge in [-0.1, -0.05) is 6.92 Å². The zero-order chi connectivity index (χ0) is 17.0. The molecule has 0 radical (unpaired) electrons. The Morgan fingerprint density at radius 2 is 2.12 bits per heavy atom. The van der Waals surface area contributed by atoms with Crippen molar-refractivity contribution < 1.29 is 12.8 Å². The molecule has 3 aromatic heterocycles. The van der Waals surface area contributed by atoms with Crippen LogP contribution in [0.5, 0.6) is 0 Å². The van der Waals surface area contributed by atoms with Gasteiger partial charge in [0.2, 0.25) is 21.8 Å². The van der Waals surface area contributed by atoms with Crippen molar-refractivity contribution in [3.8, 4) is 11.5 Å². The first-order chi connectivity index (χ1) is 11.6. The quantitative estimate of drug-likeness (QED) is 0.691. The van der Waals surface area contributed by atoms with Crippen molar-refractivity contribution in [1.29, 1.82) is 0 Å². The molecular formula is C15H16N4O3S2. The number of pyridine rings is 1. The van der Waals surface area contributed by atoms with E-state index in [0.717, 1.165) is 16.9 Å². The van der Waals surface area contributed by atoms with Gasteiger partial charge in [0.25, 0.3) is 0 Å². The number of aryl methyl sites for hydroxylation is 1. The van der Waals surface area contributed by atoms with E-state index < -0.39 is 10.0 Å². The lowest BCUT2D eigenvalue weighted by Crippen LogP contribution is -2.25. The Morgan fingerprint density at radius 3 is 2.83 bits per heavy atom. The molecule has 0 amide bonds. The summed E-state index contributed by atoms with van der Waals surface area (Å²) in [7, 11) is -3.50. The van der Waals surface area contributed by atoms with Crippen LogP contribution in [0.3, 0.4) is 0 Å². The monoisotopic (exact) mass is 364 g/mol. The largest absolute Gasteiger partial charge is 0.421 e. The minimum atomic E-state index is -3.50. The maximum absolute atomic E-state index is 12.2. The van der Waals surface area contributed by atoms with Gasteiger partial charge in [0.1, 0.15) is 4.21 Å². The van der Waals surface area contributed by atoms with Crippen molar-refractivity contribution in [2.75, 3.05) is 6.54 Å². The summed E-state index contributed by atoms with van der Waals surface area (Å²) >= 11 is 1.28. The lowest BCUT2D eigenvalue weighted by Gasteiger charge is -2.02. The van der Waals surface area contributed by atoms with Crippen molar-refractivity contribution in [3.05, 3.63) is 47.4 Å². The van der Waals surface area contributed by atoms with Crippen LogP contribution in [0.2, 0.25) is 0 Å². The summed E-state index contributed by atoms with van der Waals surface area (Å²) < 4.78 is 32.8. The number of aromatic nitrogens is 3. The third-order valence-electron chi connectivity index (χ3n) is 3.26. The Balaban J connectivity index is 1.59. The van der Waals surface area contributed by atoms with Gasteiger partial charge >= 0.3 is 0 Å². The molecule has 3 rings (SSSR count). The van der Waals surface area contributed by atoms with Crippen LogP contribution in [0.15, 0.2) is 45.3 Å². The van der Waals surface area contributed by atoms with Crippen LogP contribution >= 0.6 is 11.3 Å². The van der Waals surface area contributed by atoms with Crippen molar-refractivity contribution in [2.45, 2.75) is 24.0 Å². The molecule has 0 fully saturated rings. The molecule has 0 aliphatic carbocycles. The number of rotatable bonds is 7. The van der Waals surface area contributed by atoms with E-state index in [4.69, 9.17) is 4.42 Å². The minimum Gasteiger partial charge on any atom is -0.421 e. The van der Waals surface area contributed by atoms with Gasteiger partial charge in [0.05, 0.1) is 5.56 Å². The van der Waals surface area contributed by atoms with E-state index in [-0.39, 0.29) is 6.54 Å². The Hall–Kier alpha value is -2.10. The normalized spacial score (nSPS) is 11.7. The van der Waals surface area contributed by atoms with Crippen LogP contribution < -0.4 is 4.72 Å². The Morgan fingerprint density at radius 1 is 1.25 bits per heavy atom. The van der Waals surface area contributed by atoms with E-state index in [9.17, 15) is 8.42 Å². The summed E-state index contributed by atoms with van der Waals surface area (Å²) in [5.41, 5.74) is 0.725. The molecule has 24 heavy (non-hydrogen) atoms. The average Bonchev–Trinajstić information content (AvgIpc) is 3.25. The van der Waals surface area contributed by atoms with Crippen molar-refractivity contribution in [2.24, 2.45) is 0 Å². The van der Waals surface area contributed by atoms with Gasteiger partial charge in [-0.15, -0.1) is 21.5 Å². The van der Waals surface area contributed by atoms with Crippen molar-refractivity contribution in [1.82, 2.24) is 19.9 Å². The second-order valence-corrected chi connectivity index (χ2v) is 8.13. The lowest BCUT2D eigenvalue weighted by atomic mass is 10.3. The molecule has 0 spiro atoms. The molecule has 3 heterocycles. The van der Waals surface area contributed by atoms with E-state index in [1.54, 1.807) is 24.5 Å². The Labute approximate surface area is 143 Å². The van der Waals surface area contributed by atoms with Crippen molar-refractivity contribution in [3.63, 3.8) is 0 Å². The molecule has 9 heteroatoms. The molecule has 0 saturated heterocycles. The van der Waals surface area contributed by atoms with Crippen LogP contribution in [0, 0.1) is 0 Å². The first-order valence-corrected chi connectivity index (χ1v) is 9.69. The molecule has 1 N–H and O–H groups in total. The standard InChI is InChI=1S/C15H16N4O3S2/c1-2-12-5-6-14(23-12)24(20,21)17-9-7-13-18-19-15(22-13)11-4-3-8-16-10-11/h3-6,8,10,17H,2,7,9H2,1H3. The molecule has 0 bridgehead atoms. The fraction of sp³-hybridized carbons (Fsp3) is 0.267. The molecular weight excluding hydrogens is 348 g/mol. The summed E-state index contributed by atoms with van der Waals surface area (Å²) in [4.78, 5) is 5.02. The fourth-order valence-corrected chi connectivity index (χ4v) is 4.39. The highest BCUT2D eigenvalue weighted by Crippen LogP contribution is 2.21. The SMILES string of the molecule is CCc1ccc(S(=O)(=O)NCCc2nnc(-c3cccnc3)o2)s1. The zero-order valence-corrected chi connectivity index (χ0v) is 14.6. The van der Waals surface area contributed by atoms with E-state index in [1.807, 2.05) is 19.1 Å².